The second-order valence-electron chi connectivity index (χ2n) is 3.45. The number of rotatable bonds is 3. The highest BCUT2D eigenvalue weighted by Gasteiger charge is 2.06. The van der Waals surface area contributed by atoms with E-state index in [-0.39, 0.29) is 0 Å². The SMILES string of the molecule is C=C(C(C)CC)n1c(=C)ccc1=C. The van der Waals surface area contributed by atoms with Gasteiger partial charge in [0.05, 0.1) is 0 Å². The normalized spacial score (nSPS) is 12.8. The fourth-order valence-electron chi connectivity index (χ4n) is 1.35. The van der Waals surface area contributed by atoms with Crippen molar-refractivity contribution in [1.82, 2.24) is 4.57 Å². The Hall–Kier alpha value is -1.24. The minimum atomic E-state index is 0.480. The Labute approximate surface area is 79.7 Å². The van der Waals surface area contributed by atoms with Crippen LogP contribution in [0.25, 0.3) is 18.9 Å². The van der Waals surface area contributed by atoms with E-state index in [1.165, 1.54) is 0 Å². The molecule has 0 spiro atoms. The van der Waals surface area contributed by atoms with Gasteiger partial charge in [0.25, 0.3) is 0 Å². The molecular formula is C12H17N. The van der Waals surface area contributed by atoms with E-state index in [1.807, 2.05) is 16.7 Å². The van der Waals surface area contributed by atoms with Gasteiger partial charge in [-0.25, -0.2) is 0 Å². The third-order valence-electron chi connectivity index (χ3n) is 2.51. The van der Waals surface area contributed by atoms with E-state index in [4.69, 9.17) is 0 Å². The molecular weight excluding hydrogens is 158 g/mol. The van der Waals surface area contributed by atoms with Crippen molar-refractivity contribution >= 4 is 18.9 Å². The van der Waals surface area contributed by atoms with Crippen molar-refractivity contribution in [1.29, 1.82) is 0 Å². The van der Waals surface area contributed by atoms with Crippen LogP contribution in [0.5, 0.6) is 0 Å². The topological polar surface area (TPSA) is 4.93 Å². The first-order valence-electron chi connectivity index (χ1n) is 4.62. The summed E-state index contributed by atoms with van der Waals surface area (Å²) in [4.78, 5) is 0. The molecule has 1 nitrogen and oxygen atoms in total. The predicted octanol–water partition coefficient (Wildman–Crippen LogP) is 1.83. The molecule has 0 aromatic carbocycles. The van der Waals surface area contributed by atoms with Crippen LogP contribution >= 0.6 is 0 Å². The lowest BCUT2D eigenvalue weighted by Gasteiger charge is -2.14. The van der Waals surface area contributed by atoms with Crippen molar-refractivity contribution in [3.8, 4) is 0 Å². The fourth-order valence-corrected chi connectivity index (χ4v) is 1.35. The monoisotopic (exact) mass is 175 g/mol. The third kappa shape index (κ3) is 1.74. The zero-order chi connectivity index (χ0) is 10.0. The highest BCUT2D eigenvalue weighted by Crippen LogP contribution is 2.13. The molecule has 0 aliphatic carbocycles. The van der Waals surface area contributed by atoms with E-state index in [9.17, 15) is 0 Å². The summed E-state index contributed by atoms with van der Waals surface area (Å²) >= 11 is 0. The van der Waals surface area contributed by atoms with Gasteiger partial charge in [0, 0.05) is 16.4 Å². The first-order chi connectivity index (χ1) is 6.07. The largest absolute Gasteiger partial charge is 0.316 e. The minimum absolute atomic E-state index is 0.480. The van der Waals surface area contributed by atoms with Crippen LogP contribution in [0, 0.1) is 5.92 Å². The summed E-state index contributed by atoms with van der Waals surface area (Å²) in [6, 6.07) is 3.94. The van der Waals surface area contributed by atoms with Gasteiger partial charge in [0.15, 0.2) is 0 Å². The molecule has 1 atom stereocenters. The van der Waals surface area contributed by atoms with Crippen LogP contribution in [-0.2, 0) is 0 Å². The Balaban J connectivity index is 3.16. The smallest absolute Gasteiger partial charge is 0.0386 e. The van der Waals surface area contributed by atoms with Gasteiger partial charge in [-0.2, -0.15) is 0 Å². The molecule has 0 saturated carbocycles. The first-order valence-corrected chi connectivity index (χ1v) is 4.62. The second-order valence-corrected chi connectivity index (χ2v) is 3.45. The summed E-state index contributed by atoms with van der Waals surface area (Å²) in [5.41, 5.74) is 1.09. The Bertz CT molecular complexity index is 370. The number of hydrogen-bond acceptors (Lipinski definition) is 0. The molecule has 1 aromatic heterocycles. The quantitative estimate of drug-likeness (QED) is 0.660. The molecule has 0 N–H and O–H groups in total. The van der Waals surface area contributed by atoms with Crippen LogP contribution in [0.3, 0.4) is 0 Å². The number of aromatic nitrogens is 1. The fraction of sp³-hybridized carbons (Fsp3) is 0.333. The van der Waals surface area contributed by atoms with Gasteiger partial charge in [-0.15, -0.1) is 0 Å². The molecule has 1 aromatic rings. The first kappa shape index (κ1) is 9.85. The zero-order valence-electron chi connectivity index (χ0n) is 8.51. The van der Waals surface area contributed by atoms with Gasteiger partial charge < -0.3 is 4.57 Å². The maximum absolute atomic E-state index is 4.07. The third-order valence-corrected chi connectivity index (χ3v) is 2.51. The molecule has 0 fully saturated rings. The molecule has 1 rings (SSSR count). The van der Waals surface area contributed by atoms with Crippen LogP contribution in [0.1, 0.15) is 20.3 Å². The van der Waals surface area contributed by atoms with Crippen molar-refractivity contribution in [2.75, 3.05) is 0 Å². The summed E-state index contributed by atoms with van der Waals surface area (Å²) < 4.78 is 2.02. The summed E-state index contributed by atoms with van der Waals surface area (Å²) in [5, 5.41) is 1.94. The molecule has 13 heavy (non-hydrogen) atoms. The lowest BCUT2D eigenvalue weighted by Crippen LogP contribution is -2.25. The van der Waals surface area contributed by atoms with Crippen LogP contribution in [0.4, 0.5) is 0 Å². The summed E-state index contributed by atoms with van der Waals surface area (Å²) in [6.07, 6.45) is 1.09. The van der Waals surface area contributed by atoms with Gasteiger partial charge in [0.2, 0.25) is 0 Å². The van der Waals surface area contributed by atoms with Crippen LogP contribution in [-0.4, -0.2) is 4.57 Å². The molecule has 1 heteroatoms. The molecule has 70 valence electrons. The van der Waals surface area contributed by atoms with E-state index in [2.05, 4.69) is 33.6 Å². The van der Waals surface area contributed by atoms with Crippen molar-refractivity contribution in [2.45, 2.75) is 20.3 Å². The second kappa shape index (κ2) is 3.65. The molecule has 1 unspecified atom stereocenters. The van der Waals surface area contributed by atoms with Crippen LogP contribution in [0.15, 0.2) is 18.7 Å². The van der Waals surface area contributed by atoms with E-state index < -0.39 is 0 Å². The lowest BCUT2D eigenvalue weighted by atomic mass is 10.1. The Morgan fingerprint density at radius 2 is 1.85 bits per heavy atom. The van der Waals surface area contributed by atoms with Crippen molar-refractivity contribution < 1.29 is 0 Å². The molecule has 0 amide bonds. The lowest BCUT2D eigenvalue weighted by molar-refractivity contribution is 0.677. The molecule has 0 saturated heterocycles. The Morgan fingerprint density at radius 1 is 1.38 bits per heavy atom. The Morgan fingerprint density at radius 3 is 2.23 bits per heavy atom. The van der Waals surface area contributed by atoms with Crippen LogP contribution in [0.2, 0.25) is 0 Å². The molecule has 0 aliphatic rings. The van der Waals surface area contributed by atoms with E-state index in [0.717, 1.165) is 22.8 Å². The van der Waals surface area contributed by atoms with Crippen LogP contribution < -0.4 is 10.7 Å². The number of allylic oxidation sites excluding steroid dienone is 1. The average molecular weight is 175 g/mol. The van der Waals surface area contributed by atoms with Gasteiger partial charge >= 0.3 is 0 Å². The zero-order valence-corrected chi connectivity index (χ0v) is 8.51. The molecule has 1 heterocycles. The standard InChI is InChI=1S/C12H17N/c1-6-9(2)12(5)13-10(3)7-8-11(13)4/h7-9H,3-6H2,1-2H3. The van der Waals surface area contributed by atoms with Gasteiger partial charge in [0.1, 0.15) is 0 Å². The maximum atomic E-state index is 4.07. The Kier molecular flexibility index (Phi) is 2.76. The van der Waals surface area contributed by atoms with Gasteiger partial charge in [-0.3, -0.25) is 0 Å². The highest BCUT2D eigenvalue weighted by atomic mass is 15.0. The minimum Gasteiger partial charge on any atom is -0.316 e. The van der Waals surface area contributed by atoms with Crippen molar-refractivity contribution in [2.24, 2.45) is 5.92 Å². The van der Waals surface area contributed by atoms with Gasteiger partial charge in [-0.1, -0.05) is 33.6 Å². The van der Waals surface area contributed by atoms with E-state index >= 15 is 0 Å². The highest BCUT2D eigenvalue weighted by molar-refractivity contribution is 5.45. The van der Waals surface area contributed by atoms with E-state index in [0.29, 0.717) is 5.92 Å². The molecule has 0 radical (unpaired) electrons. The summed E-state index contributed by atoms with van der Waals surface area (Å²) in [7, 11) is 0. The van der Waals surface area contributed by atoms with Gasteiger partial charge in [-0.05, 0) is 24.5 Å². The average Bonchev–Trinajstić information content (AvgIpc) is 2.44. The molecule has 0 bridgehead atoms. The van der Waals surface area contributed by atoms with Crippen molar-refractivity contribution in [3.05, 3.63) is 29.4 Å². The summed E-state index contributed by atoms with van der Waals surface area (Å²) in [5.74, 6) is 0.480. The number of nitrogens with zero attached hydrogens (tertiary/aromatic N) is 1. The molecule has 0 aliphatic heterocycles. The summed E-state index contributed by atoms with van der Waals surface area (Å²) in [6.45, 7) is 16.3. The number of hydrogen-bond donors (Lipinski definition) is 0. The maximum Gasteiger partial charge on any atom is 0.0386 e. The van der Waals surface area contributed by atoms with E-state index in [1.54, 1.807) is 0 Å². The van der Waals surface area contributed by atoms with Crippen molar-refractivity contribution in [3.63, 3.8) is 0 Å². The predicted molar refractivity (Wildman–Crippen MR) is 59.5 cm³/mol.